The Morgan fingerprint density at radius 2 is 1.72 bits per heavy atom. The Morgan fingerprint density at radius 1 is 1.06 bits per heavy atom. The van der Waals surface area contributed by atoms with Crippen molar-refractivity contribution in [1.82, 2.24) is 4.31 Å². The van der Waals surface area contributed by atoms with E-state index in [1.807, 2.05) is 6.92 Å². The first-order valence-corrected chi connectivity index (χ1v) is 11.5. The normalized spacial score (nSPS) is 12.0. The van der Waals surface area contributed by atoms with Gasteiger partial charge < -0.3 is 9.47 Å². The van der Waals surface area contributed by atoms with Gasteiger partial charge in [0.1, 0.15) is 5.69 Å². The first kappa shape index (κ1) is 25.1. The van der Waals surface area contributed by atoms with Gasteiger partial charge in [-0.2, -0.15) is 9.41 Å². The molecule has 0 saturated carbocycles. The summed E-state index contributed by atoms with van der Waals surface area (Å²) in [5.41, 5.74) is 3.79. The highest BCUT2D eigenvalue weighted by atomic mass is 32.2. The Balaban J connectivity index is 2.43. The molecule has 0 heterocycles. The molecule has 0 saturated heterocycles. The van der Waals surface area contributed by atoms with Gasteiger partial charge in [0, 0.05) is 24.7 Å². The van der Waals surface area contributed by atoms with Crippen LogP contribution < -0.4 is 14.9 Å². The van der Waals surface area contributed by atoms with Crippen molar-refractivity contribution in [3.8, 4) is 11.5 Å². The van der Waals surface area contributed by atoms with Crippen molar-refractivity contribution in [1.29, 1.82) is 0 Å². The summed E-state index contributed by atoms with van der Waals surface area (Å²) >= 11 is 0. The minimum absolute atomic E-state index is 0.0833. The quantitative estimate of drug-likeness (QED) is 0.304. The number of hydrogen-bond donors (Lipinski definition) is 1. The van der Waals surface area contributed by atoms with Crippen LogP contribution in [0.1, 0.15) is 32.8 Å². The van der Waals surface area contributed by atoms with Crippen LogP contribution in [0.25, 0.3) is 0 Å². The fourth-order valence-electron chi connectivity index (χ4n) is 3.12. The molecule has 0 aliphatic heterocycles. The molecule has 0 atom stereocenters. The van der Waals surface area contributed by atoms with Crippen LogP contribution in [0.2, 0.25) is 0 Å². The molecule has 2 rings (SSSR count). The lowest BCUT2D eigenvalue weighted by Gasteiger charge is -2.18. The average molecular weight is 465 g/mol. The number of methoxy groups -OCH3 is 2. The van der Waals surface area contributed by atoms with Crippen LogP contribution in [0.4, 0.5) is 11.4 Å². The van der Waals surface area contributed by atoms with Crippen LogP contribution in [-0.4, -0.2) is 50.7 Å². The van der Waals surface area contributed by atoms with Gasteiger partial charge in [0.25, 0.3) is 5.69 Å². The lowest BCUT2D eigenvalue weighted by Crippen LogP contribution is -2.30. The van der Waals surface area contributed by atoms with E-state index in [1.54, 1.807) is 32.0 Å². The monoisotopic (exact) mass is 464 g/mol. The van der Waals surface area contributed by atoms with Gasteiger partial charge in [-0.1, -0.05) is 20.8 Å². The van der Waals surface area contributed by atoms with Gasteiger partial charge in [-0.05, 0) is 36.8 Å². The third kappa shape index (κ3) is 5.35. The fourth-order valence-corrected chi connectivity index (χ4v) is 4.60. The van der Waals surface area contributed by atoms with Crippen molar-refractivity contribution in [3.63, 3.8) is 0 Å². The number of anilines is 1. The summed E-state index contributed by atoms with van der Waals surface area (Å²) in [7, 11) is -0.761. The maximum Gasteiger partial charge on any atom is 0.295 e. The summed E-state index contributed by atoms with van der Waals surface area (Å²) in [6.45, 7) is 5.84. The Morgan fingerprint density at radius 3 is 2.25 bits per heavy atom. The second kappa shape index (κ2) is 10.9. The van der Waals surface area contributed by atoms with Gasteiger partial charge in [0.05, 0.1) is 29.8 Å². The fraction of sp³-hybridized carbons (Fsp3) is 0.381. The van der Waals surface area contributed by atoms with Gasteiger partial charge in [-0.15, -0.1) is 0 Å². The first-order valence-electron chi connectivity index (χ1n) is 10.1. The number of hydrazone groups is 1. The number of benzene rings is 2. The van der Waals surface area contributed by atoms with Crippen molar-refractivity contribution in [2.75, 3.05) is 32.7 Å². The molecular weight excluding hydrogens is 436 g/mol. The molecule has 32 heavy (non-hydrogen) atoms. The SMILES string of the molecule is CC/C(=N\Nc1ccc(S(=O)(=O)N(CC)CC)cc1[N+](=O)[O-])c1ccc(OC)c(OC)c1. The van der Waals surface area contributed by atoms with Crippen LogP contribution in [-0.2, 0) is 10.0 Å². The number of nitro groups is 1. The zero-order valence-corrected chi connectivity index (χ0v) is 19.6. The highest BCUT2D eigenvalue weighted by Crippen LogP contribution is 2.30. The van der Waals surface area contributed by atoms with E-state index in [2.05, 4.69) is 10.5 Å². The lowest BCUT2D eigenvalue weighted by atomic mass is 10.1. The number of nitrogens with zero attached hydrogens (tertiary/aromatic N) is 3. The van der Waals surface area contributed by atoms with Crippen LogP contribution in [0.5, 0.6) is 11.5 Å². The summed E-state index contributed by atoms with van der Waals surface area (Å²) < 4.78 is 37.2. The molecule has 0 radical (unpaired) electrons. The van der Waals surface area contributed by atoms with E-state index in [-0.39, 0.29) is 29.4 Å². The van der Waals surface area contributed by atoms with Gasteiger partial charge in [0.2, 0.25) is 10.0 Å². The summed E-state index contributed by atoms with van der Waals surface area (Å²) in [5, 5.41) is 15.9. The number of rotatable bonds is 11. The molecule has 0 aliphatic rings. The number of hydrogen-bond acceptors (Lipinski definition) is 8. The predicted octanol–water partition coefficient (Wildman–Crippen LogP) is 3.87. The van der Waals surface area contributed by atoms with Crippen molar-refractivity contribution in [2.24, 2.45) is 5.10 Å². The molecule has 2 aromatic rings. The summed E-state index contributed by atoms with van der Waals surface area (Å²) in [5.74, 6) is 1.10. The van der Waals surface area contributed by atoms with E-state index in [0.717, 1.165) is 11.6 Å². The third-order valence-electron chi connectivity index (χ3n) is 4.87. The Kier molecular flexibility index (Phi) is 8.56. The molecule has 0 aliphatic carbocycles. The maximum absolute atomic E-state index is 12.7. The molecular formula is C21H28N4O6S. The largest absolute Gasteiger partial charge is 0.493 e. The minimum Gasteiger partial charge on any atom is -0.493 e. The van der Waals surface area contributed by atoms with E-state index in [0.29, 0.717) is 23.6 Å². The molecule has 0 unspecified atom stereocenters. The molecule has 2 aromatic carbocycles. The van der Waals surface area contributed by atoms with E-state index in [4.69, 9.17) is 9.47 Å². The highest BCUT2D eigenvalue weighted by Gasteiger charge is 2.25. The van der Waals surface area contributed by atoms with Crippen LogP contribution in [0, 0.1) is 10.1 Å². The summed E-state index contributed by atoms with van der Waals surface area (Å²) in [6.07, 6.45) is 0.532. The average Bonchev–Trinajstić information content (AvgIpc) is 2.79. The Bertz CT molecular complexity index is 1100. The van der Waals surface area contributed by atoms with E-state index in [1.165, 1.54) is 30.7 Å². The molecule has 0 bridgehead atoms. The molecule has 1 N–H and O–H groups in total. The van der Waals surface area contributed by atoms with E-state index >= 15 is 0 Å². The maximum atomic E-state index is 12.7. The molecule has 0 amide bonds. The van der Waals surface area contributed by atoms with Gasteiger partial charge in [-0.3, -0.25) is 15.5 Å². The van der Waals surface area contributed by atoms with Crippen LogP contribution in [0.15, 0.2) is 46.4 Å². The molecule has 0 fully saturated rings. The van der Waals surface area contributed by atoms with Gasteiger partial charge in [0.15, 0.2) is 11.5 Å². The number of nitro benzene ring substituents is 1. The second-order valence-electron chi connectivity index (χ2n) is 6.62. The first-order chi connectivity index (χ1) is 15.2. The second-order valence-corrected chi connectivity index (χ2v) is 8.56. The number of ether oxygens (including phenoxy) is 2. The van der Waals surface area contributed by atoms with Crippen molar-refractivity contribution >= 4 is 27.1 Å². The molecule has 174 valence electrons. The highest BCUT2D eigenvalue weighted by molar-refractivity contribution is 7.89. The van der Waals surface area contributed by atoms with E-state index < -0.39 is 14.9 Å². The van der Waals surface area contributed by atoms with E-state index in [9.17, 15) is 18.5 Å². The molecule has 0 spiro atoms. The zero-order valence-electron chi connectivity index (χ0n) is 18.8. The number of nitrogens with one attached hydrogen (secondary N) is 1. The zero-order chi connectivity index (χ0) is 23.9. The number of sulfonamides is 1. The van der Waals surface area contributed by atoms with Crippen molar-refractivity contribution < 1.29 is 22.8 Å². The summed E-state index contributed by atoms with van der Waals surface area (Å²) in [6, 6.07) is 9.04. The standard InChI is InChI=1S/C21H28N4O6S/c1-6-17(15-9-12-20(30-4)21(13-15)31-5)22-23-18-11-10-16(14-19(18)25(26)27)32(28,29)24(7-2)8-3/h9-14,23H,6-8H2,1-5H3/b22-17+. The smallest absolute Gasteiger partial charge is 0.295 e. The topological polar surface area (TPSA) is 123 Å². The third-order valence-corrected chi connectivity index (χ3v) is 6.92. The van der Waals surface area contributed by atoms with Crippen molar-refractivity contribution in [3.05, 3.63) is 52.1 Å². The molecule has 0 aromatic heterocycles. The van der Waals surface area contributed by atoms with Crippen LogP contribution >= 0.6 is 0 Å². The van der Waals surface area contributed by atoms with Gasteiger partial charge in [-0.25, -0.2) is 8.42 Å². The Labute approximate surface area is 188 Å². The molecule has 11 heteroatoms. The van der Waals surface area contributed by atoms with Crippen LogP contribution in [0.3, 0.4) is 0 Å². The van der Waals surface area contributed by atoms with Crippen molar-refractivity contribution in [2.45, 2.75) is 32.1 Å². The molecule has 10 nitrogen and oxygen atoms in total. The minimum atomic E-state index is -3.83. The van der Waals surface area contributed by atoms with Gasteiger partial charge >= 0.3 is 0 Å². The lowest BCUT2D eigenvalue weighted by molar-refractivity contribution is -0.384. The predicted molar refractivity (Wildman–Crippen MR) is 123 cm³/mol. The Hall–Kier alpha value is -3.18. The summed E-state index contributed by atoms with van der Waals surface area (Å²) in [4.78, 5) is 10.8.